The van der Waals surface area contributed by atoms with Gasteiger partial charge in [0.15, 0.2) is 5.78 Å². The normalized spacial score (nSPS) is 11.9. The first-order valence-electron chi connectivity index (χ1n) is 6.17. The smallest absolute Gasteiger partial charge is 0.228 e. The monoisotopic (exact) mass is 248 g/mol. The van der Waals surface area contributed by atoms with Crippen LogP contribution in [0.3, 0.4) is 0 Å². The lowest BCUT2D eigenvalue weighted by Crippen LogP contribution is -2.30. The van der Waals surface area contributed by atoms with Crippen LogP contribution in [0.25, 0.3) is 0 Å². The highest BCUT2D eigenvalue weighted by Crippen LogP contribution is 2.11. The van der Waals surface area contributed by atoms with Crippen LogP contribution in [0.5, 0.6) is 0 Å². The second kappa shape index (κ2) is 6.91. The number of carbonyl (C=O) groups is 2. The van der Waals surface area contributed by atoms with Crippen LogP contribution in [0.2, 0.25) is 0 Å². The average molecular weight is 248 g/mol. The number of nitrogens with one attached hydrogen (secondary N) is 2. The second-order valence-corrected chi connectivity index (χ2v) is 4.33. The molecule has 0 aliphatic rings. The molecule has 0 aliphatic heterocycles. The van der Waals surface area contributed by atoms with Crippen LogP contribution in [-0.4, -0.2) is 24.8 Å². The van der Waals surface area contributed by atoms with E-state index in [0.717, 1.165) is 6.54 Å². The Bertz CT molecular complexity index is 412. The summed E-state index contributed by atoms with van der Waals surface area (Å²) in [6.45, 7) is 6.91. The highest BCUT2D eigenvalue weighted by Gasteiger charge is 2.12. The molecule has 0 spiro atoms. The van der Waals surface area contributed by atoms with Crippen LogP contribution >= 0.6 is 0 Å². The maximum atomic E-state index is 11.8. The van der Waals surface area contributed by atoms with E-state index in [1.165, 1.54) is 6.92 Å². The molecule has 1 unspecified atom stereocenters. The van der Waals surface area contributed by atoms with Gasteiger partial charge in [0.25, 0.3) is 0 Å². The van der Waals surface area contributed by atoms with E-state index in [1.54, 1.807) is 24.3 Å². The molecule has 0 heterocycles. The first-order valence-corrected chi connectivity index (χ1v) is 6.17. The Morgan fingerprint density at radius 2 is 1.83 bits per heavy atom. The third-order valence-corrected chi connectivity index (χ3v) is 2.71. The van der Waals surface area contributed by atoms with Crippen molar-refractivity contribution in [3.05, 3.63) is 29.8 Å². The molecule has 1 aromatic rings. The molecule has 0 radical (unpaired) electrons. The highest BCUT2D eigenvalue weighted by atomic mass is 16.2. The summed E-state index contributed by atoms with van der Waals surface area (Å²) in [5.74, 6) is -0.0858. The minimum Gasteiger partial charge on any atom is -0.326 e. The molecule has 0 aromatic heterocycles. The number of carbonyl (C=O) groups excluding carboxylic acids is 2. The van der Waals surface area contributed by atoms with Crippen LogP contribution in [0.1, 0.15) is 31.1 Å². The van der Waals surface area contributed by atoms with E-state index in [-0.39, 0.29) is 17.6 Å². The molecule has 0 bridgehead atoms. The molecule has 1 rings (SSSR count). The molecule has 4 nitrogen and oxygen atoms in total. The quantitative estimate of drug-likeness (QED) is 0.758. The average Bonchev–Trinajstić information content (AvgIpc) is 2.36. The predicted octanol–water partition coefficient (Wildman–Crippen LogP) is 2.07. The largest absolute Gasteiger partial charge is 0.326 e. The van der Waals surface area contributed by atoms with Crippen LogP contribution in [0.15, 0.2) is 24.3 Å². The molecule has 1 atom stereocenters. The highest BCUT2D eigenvalue weighted by molar-refractivity contribution is 5.96. The van der Waals surface area contributed by atoms with Gasteiger partial charge in [-0.2, -0.15) is 0 Å². The van der Waals surface area contributed by atoms with Crippen molar-refractivity contribution < 1.29 is 9.59 Å². The minimum atomic E-state index is -0.0857. The molecule has 2 N–H and O–H groups in total. The second-order valence-electron chi connectivity index (χ2n) is 4.33. The Hall–Kier alpha value is -1.68. The maximum absolute atomic E-state index is 11.8. The van der Waals surface area contributed by atoms with Crippen molar-refractivity contribution in [2.24, 2.45) is 5.92 Å². The van der Waals surface area contributed by atoms with Gasteiger partial charge in [0.05, 0.1) is 0 Å². The number of amides is 1. The van der Waals surface area contributed by atoms with E-state index in [9.17, 15) is 9.59 Å². The number of benzene rings is 1. The van der Waals surface area contributed by atoms with Gasteiger partial charge in [0, 0.05) is 23.7 Å². The Labute approximate surface area is 108 Å². The van der Waals surface area contributed by atoms with Crippen molar-refractivity contribution in [3.63, 3.8) is 0 Å². The van der Waals surface area contributed by atoms with E-state index in [0.29, 0.717) is 17.8 Å². The van der Waals surface area contributed by atoms with E-state index in [2.05, 4.69) is 10.6 Å². The van der Waals surface area contributed by atoms with Gasteiger partial charge in [-0.25, -0.2) is 0 Å². The number of ketones is 1. The van der Waals surface area contributed by atoms with Gasteiger partial charge in [0.2, 0.25) is 5.91 Å². The molecular weight excluding hydrogens is 228 g/mol. The predicted molar refractivity (Wildman–Crippen MR) is 72.8 cm³/mol. The third kappa shape index (κ3) is 4.30. The first-order chi connectivity index (χ1) is 8.54. The maximum Gasteiger partial charge on any atom is 0.228 e. The van der Waals surface area contributed by atoms with Gasteiger partial charge >= 0.3 is 0 Å². The number of anilines is 1. The molecule has 4 heteroatoms. The van der Waals surface area contributed by atoms with E-state index in [4.69, 9.17) is 0 Å². The zero-order valence-electron chi connectivity index (χ0n) is 11.1. The Morgan fingerprint density at radius 3 is 2.33 bits per heavy atom. The zero-order valence-corrected chi connectivity index (χ0v) is 11.1. The van der Waals surface area contributed by atoms with Crippen LogP contribution in [0, 0.1) is 5.92 Å². The van der Waals surface area contributed by atoms with Crippen molar-refractivity contribution in [1.82, 2.24) is 5.32 Å². The van der Waals surface area contributed by atoms with Gasteiger partial charge < -0.3 is 10.6 Å². The fourth-order valence-corrected chi connectivity index (χ4v) is 1.51. The van der Waals surface area contributed by atoms with Crippen LogP contribution in [0.4, 0.5) is 5.69 Å². The molecular formula is C14H20N2O2. The van der Waals surface area contributed by atoms with E-state index in [1.807, 2.05) is 13.8 Å². The number of hydrogen-bond donors (Lipinski definition) is 2. The topological polar surface area (TPSA) is 58.2 Å². The SMILES string of the molecule is CCNCC(C)C(=O)Nc1ccc(C(C)=O)cc1. The fourth-order valence-electron chi connectivity index (χ4n) is 1.51. The molecule has 0 saturated heterocycles. The van der Waals surface area contributed by atoms with Gasteiger partial charge in [-0.3, -0.25) is 9.59 Å². The van der Waals surface area contributed by atoms with E-state index >= 15 is 0 Å². The number of hydrogen-bond acceptors (Lipinski definition) is 3. The fraction of sp³-hybridized carbons (Fsp3) is 0.429. The Morgan fingerprint density at radius 1 is 1.22 bits per heavy atom. The molecule has 0 aliphatic carbocycles. The molecule has 1 aromatic carbocycles. The van der Waals surface area contributed by atoms with Crippen LogP contribution < -0.4 is 10.6 Å². The summed E-state index contributed by atoms with van der Waals surface area (Å²) >= 11 is 0. The van der Waals surface area contributed by atoms with Gasteiger partial charge in [-0.15, -0.1) is 0 Å². The Kier molecular flexibility index (Phi) is 5.52. The number of rotatable bonds is 6. The van der Waals surface area contributed by atoms with Crippen molar-refractivity contribution in [2.75, 3.05) is 18.4 Å². The summed E-state index contributed by atoms with van der Waals surface area (Å²) in [4.78, 5) is 22.9. The molecule has 0 saturated carbocycles. The Balaban J connectivity index is 2.56. The van der Waals surface area contributed by atoms with Gasteiger partial charge in [0.1, 0.15) is 0 Å². The van der Waals surface area contributed by atoms with Gasteiger partial charge in [-0.05, 0) is 37.7 Å². The molecule has 18 heavy (non-hydrogen) atoms. The summed E-state index contributed by atoms with van der Waals surface area (Å²) < 4.78 is 0. The minimum absolute atomic E-state index is 0.0217. The standard InChI is InChI=1S/C14H20N2O2/c1-4-15-9-10(2)14(18)16-13-7-5-12(6-8-13)11(3)17/h5-8,10,15H,4,9H2,1-3H3,(H,16,18). The molecule has 98 valence electrons. The molecule has 1 amide bonds. The van der Waals surface area contributed by atoms with E-state index < -0.39 is 0 Å². The number of Topliss-reactive ketones (excluding diaryl/α,β-unsaturated/α-hetero) is 1. The lowest BCUT2D eigenvalue weighted by molar-refractivity contribution is -0.119. The van der Waals surface area contributed by atoms with Crippen molar-refractivity contribution in [1.29, 1.82) is 0 Å². The van der Waals surface area contributed by atoms with Crippen molar-refractivity contribution >= 4 is 17.4 Å². The van der Waals surface area contributed by atoms with Crippen LogP contribution in [-0.2, 0) is 4.79 Å². The molecule has 0 fully saturated rings. The summed E-state index contributed by atoms with van der Waals surface area (Å²) in [5, 5.41) is 5.96. The lowest BCUT2D eigenvalue weighted by atomic mass is 10.1. The summed E-state index contributed by atoms with van der Waals surface area (Å²) in [6.07, 6.45) is 0. The first kappa shape index (κ1) is 14.4. The third-order valence-electron chi connectivity index (χ3n) is 2.71. The van der Waals surface area contributed by atoms with Crippen molar-refractivity contribution in [2.45, 2.75) is 20.8 Å². The summed E-state index contributed by atoms with van der Waals surface area (Å²) in [7, 11) is 0. The summed E-state index contributed by atoms with van der Waals surface area (Å²) in [6, 6.07) is 6.92. The summed E-state index contributed by atoms with van der Waals surface area (Å²) in [5.41, 5.74) is 1.36. The van der Waals surface area contributed by atoms with Gasteiger partial charge in [-0.1, -0.05) is 13.8 Å². The lowest BCUT2D eigenvalue weighted by Gasteiger charge is -2.12. The van der Waals surface area contributed by atoms with Crippen molar-refractivity contribution in [3.8, 4) is 0 Å². The zero-order chi connectivity index (χ0) is 13.5.